The van der Waals surface area contributed by atoms with Gasteiger partial charge in [0.25, 0.3) is 0 Å². The van der Waals surface area contributed by atoms with Gasteiger partial charge in [-0.05, 0) is 42.7 Å². The molecule has 0 saturated carbocycles. The molecule has 2 aromatic carbocycles. The van der Waals surface area contributed by atoms with Crippen molar-refractivity contribution in [3.63, 3.8) is 0 Å². The van der Waals surface area contributed by atoms with E-state index < -0.39 is 63.1 Å². The maximum absolute atomic E-state index is 17.1. The molecule has 2 aromatic heterocycles. The lowest BCUT2D eigenvalue weighted by atomic mass is 9.97. The number of phenols is 1. The van der Waals surface area contributed by atoms with Crippen LogP contribution < -0.4 is 15.3 Å². The first-order valence-corrected chi connectivity index (χ1v) is 14.4. The van der Waals surface area contributed by atoms with Crippen LogP contribution in [0.2, 0.25) is 0 Å². The van der Waals surface area contributed by atoms with Crippen LogP contribution in [0, 0.1) is 30.2 Å². The number of carbonyl (C=O) groups excluding carboxylic acids is 1. The molecule has 1 atom stereocenters. The van der Waals surface area contributed by atoms with E-state index in [9.17, 15) is 19.1 Å². The molecule has 1 fully saturated rings. The molecule has 45 heavy (non-hydrogen) atoms. The molecular formula is C32H29F4N5O4. The second kappa shape index (κ2) is 11.2. The summed E-state index contributed by atoms with van der Waals surface area (Å²) in [6, 6.07) is 2.58. The summed E-state index contributed by atoms with van der Waals surface area (Å²) in [5.74, 6) is -8.08. The number of halogens is 4. The molecule has 1 amide bonds. The SMILES string of the molecule is C=CC(=O)N1CCN2c3nc(=O)n(-c4c(C)ccnc4C(C)C)c4c(F)c(-c5c(O)ccc(F)c5F)c(F)c(c34)OCCC2C1. The largest absolute Gasteiger partial charge is 0.507 e. The lowest BCUT2D eigenvalue weighted by Gasteiger charge is -2.43. The third-order valence-electron chi connectivity index (χ3n) is 8.34. The van der Waals surface area contributed by atoms with Crippen molar-refractivity contribution in [3.05, 3.63) is 82.1 Å². The molecule has 0 spiro atoms. The van der Waals surface area contributed by atoms with Gasteiger partial charge in [0.2, 0.25) is 5.91 Å². The molecule has 4 aromatic rings. The number of phenolic OH excluding ortho intramolecular Hbond substituents is 1. The van der Waals surface area contributed by atoms with Gasteiger partial charge < -0.3 is 19.6 Å². The summed E-state index contributed by atoms with van der Waals surface area (Å²) >= 11 is 0. The Labute approximate surface area is 255 Å². The Morgan fingerprint density at radius 1 is 1.11 bits per heavy atom. The number of nitrogens with zero attached hydrogens (tertiary/aromatic N) is 5. The third kappa shape index (κ3) is 4.68. The van der Waals surface area contributed by atoms with Gasteiger partial charge in [-0.25, -0.2) is 22.4 Å². The van der Waals surface area contributed by atoms with Gasteiger partial charge >= 0.3 is 5.69 Å². The molecule has 1 unspecified atom stereocenters. The number of aryl methyl sites for hydroxylation is 1. The third-order valence-corrected chi connectivity index (χ3v) is 8.34. The fraction of sp³-hybridized carbons (Fsp3) is 0.312. The molecule has 1 saturated heterocycles. The van der Waals surface area contributed by atoms with Gasteiger partial charge in [-0.3, -0.25) is 14.3 Å². The van der Waals surface area contributed by atoms with Crippen molar-refractivity contribution in [1.29, 1.82) is 0 Å². The first kappa shape index (κ1) is 30.1. The van der Waals surface area contributed by atoms with Crippen LogP contribution in [0.4, 0.5) is 23.4 Å². The van der Waals surface area contributed by atoms with Gasteiger partial charge in [0, 0.05) is 32.3 Å². The van der Waals surface area contributed by atoms with E-state index in [1.807, 2.05) is 13.8 Å². The number of fused-ring (bicyclic) bond motifs is 2. The number of piperazine rings is 1. The van der Waals surface area contributed by atoms with Crippen LogP contribution >= 0.6 is 0 Å². The molecule has 2 aliphatic rings. The molecule has 0 aliphatic carbocycles. The zero-order valence-corrected chi connectivity index (χ0v) is 24.7. The van der Waals surface area contributed by atoms with E-state index in [0.29, 0.717) is 17.3 Å². The number of benzene rings is 2. The minimum atomic E-state index is -1.68. The van der Waals surface area contributed by atoms with Crippen molar-refractivity contribution in [2.24, 2.45) is 0 Å². The number of carbonyl (C=O) groups is 1. The Bertz CT molecular complexity index is 1960. The minimum absolute atomic E-state index is 0.0856. The van der Waals surface area contributed by atoms with Crippen LogP contribution in [0.1, 0.15) is 37.4 Å². The van der Waals surface area contributed by atoms with E-state index in [4.69, 9.17) is 4.74 Å². The van der Waals surface area contributed by atoms with Crippen molar-refractivity contribution in [2.75, 3.05) is 31.1 Å². The van der Waals surface area contributed by atoms with E-state index in [-0.39, 0.29) is 61.4 Å². The Morgan fingerprint density at radius 2 is 1.87 bits per heavy atom. The number of anilines is 1. The number of pyridine rings is 1. The average Bonchev–Trinajstić information content (AvgIpc) is 3.00. The van der Waals surface area contributed by atoms with Crippen LogP contribution in [0.5, 0.6) is 11.5 Å². The van der Waals surface area contributed by atoms with Crippen molar-refractivity contribution >= 4 is 22.6 Å². The molecule has 1 N–H and O–H groups in total. The highest BCUT2D eigenvalue weighted by Gasteiger charge is 2.38. The Hall–Kier alpha value is -4.94. The van der Waals surface area contributed by atoms with Crippen LogP contribution in [-0.4, -0.2) is 62.7 Å². The highest BCUT2D eigenvalue weighted by Crippen LogP contribution is 2.47. The highest BCUT2D eigenvalue weighted by atomic mass is 19.2. The zero-order chi connectivity index (χ0) is 32.3. The number of hydrogen-bond acceptors (Lipinski definition) is 7. The van der Waals surface area contributed by atoms with Gasteiger partial charge in [0.1, 0.15) is 17.1 Å². The minimum Gasteiger partial charge on any atom is -0.507 e. The second-order valence-electron chi connectivity index (χ2n) is 11.4. The van der Waals surface area contributed by atoms with E-state index in [1.165, 1.54) is 12.3 Å². The molecule has 6 rings (SSSR count). The van der Waals surface area contributed by atoms with Crippen LogP contribution in [0.25, 0.3) is 27.7 Å². The maximum Gasteiger partial charge on any atom is 0.354 e. The fourth-order valence-corrected chi connectivity index (χ4v) is 6.21. The number of aromatic hydroxyl groups is 1. The van der Waals surface area contributed by atoms with E-state index in [2.05, 4.69) is 16.5 Å². The molecule has 13 heteroatoms. The summed E-state index contributed by atoms with van der Waals surface area (Å²) in [6.07, 6.45) is 2.97. The van der Waals surface area contributed by atoms with E-state index >= 15 is 13.2 Å². The maximum atomic E-state index is 17.1. The summed E-state index contributed by atoms with van der Waals surface area (Å²) < 4.78 is 70.2. The van der Waals surface area contributed by atoms with E-state index in [1.54, 1.807) is 22.8 Å². The fourth-order valence-electron chi connectivity index (χ4n) is 6.21. The zero-order valence-electron chi connectivity index (χ0n) is 24.7. The van der Waals surface area contributed by atoms with Gasteiger partial charge in [0.05, 0.1) is 40.5 Å². The number of ether oxygens (including phenoxy) is 1. The summed E-state index contributed by atoms with van der Waals surface area (Å²) in [6.45, 7) is 9.34. The summed E-state index contributed by atoms with van der Waals surface area (Å²) in [4.78, 5) is 38.5. The molecule has 9 nitrogen and oxygen atoms in total. The van der Waals surface area contributed by atoms with Gasteiger partial charge in [-0.15, -0.1) is 0 Å². The normalized spacial score (nSPS) is 16.3. The molecule has 2 aliphatic heterocycles. The topological polar surface area (TPSA) is 101 Å². The van der Waals surface area contributed by atoms with Gasteiger partial charge in [-0.1, -0.05) is 20.4 Å². The number of amides is 1. The van der Waals surface area contributed by atoms with Crippen molar-refractivity contribution in [2.45, 2.75) is 39.2 Å². The van der Waals surface area contributed by atoms with Gasteiger partial charge in [0.15, 0.2) is 29.0 Å². The highest BCUT2D eigenvalue weighted by molar-refractivity contribution is 6.01. The molecular weight excluding hydrogens is 594 g/mol. The van der Waals surface area contributed by atoms with Crippen LogP contribution in [0.15, 0.2) is 41.8 Å². The van der Waals surface area contributed by atoms with Crippen LogP contribution in [-0.2, 0) is 4.79 Å². The smallest absolute Gasteiger partial charge is 0.354 e. The van der Waals surface area contributed by atoms with Crippen molar-refractivity contribution < 1.29 is 32.2 Å². The first-order valence-electron chi connectivity index (χ1n) is 14.4. The lowest BCUT2D eigenvalue weighted by Crippen LogP contribution is -2.56. The summed E-state index contributed by atoms with van der Waals surface area (Å²) in [7, 11) is 0. The van der Waals surface area contributed by atoms with Crippen molar-refractivity contribution in [3.8, 4) is 28.3 Å². The Kier molecular flexibility index (Phi) is 7.50. The molecule has 0 bridgehead atoms. The lowest BCUT2D eigenvalue weighted by molar-refractivity contribution is -0.126. The predicted octanol–water partition coefficient (Wildman–Crippen LogP) is 5.13. The number of aromatic nitrogens is 3. The number of hydrogen-bond donors (Lipinski definition) is 1. The predicted molar refractivity (Wildman–Crippen MR) is 159 cm³/mol. The van der Waals surface area contributed by atoms with Crippen LogP contribution in [0.3, 0.4) is 0 Å². The van der Waals surface area contributed by atoms with Crippen molar-refractivity contribution in [1.82, 2.24) is 19.4 Å². The quantitative estimate of drug-likeness (QED) is 0.249. The average molecular weight is 624 g/mol. The van der Waals surface area contributed by atoms with E-state index in [0.717, 1.165) is 10.6 Å². The Balaban J connectivity index is 1.78. The monoisotopic (exact) mass is 623 g/mol. The first-order chi connectivity index (χ1) is 21.5. The van der Waals surface area contributed by atoms with Gasteiger partial charge in [-0.2, -0.15) is 4.98 Å². The molecule has 234 valence electrons. The Morgan fingerprint density at radius 3 is 2.58 bits per heavy atom. The summed E-state index contributed by atoms with van der Waals surface area (Å²) in [5, 5.41) is 10.3. The second-order valence-corrected chi connectivity index (χ2v) is 11.4. The number of rotatable bonds is 4. The standard InChI is InChI=1S/C32H29F4N5O4/c1-5-20(43)39-11-12-40-17(14-39)9-13-45-30-23-29(25(35)22(26(30)36)21-19(42)7-6-18(33)24(21)34)41(32(44)38-31(23)40)28-16(4)8-10-37-27(28)15(2)3/h5-8,10,15,17,42H,1,9,11-14H2,2-4H3. The summed E-state index contributed by atoms with van der Waals surface area (Å²) in [5.41, 5.74) is -2.52. The molecule has 4 heterocycles. The molecule has 0 radical (unpaired) electrons.